The molecule has 100 valence electrons. The lowest BCUT2D eigenvalue weighted by Gasteiger charge is -2.09. The zero-order chi connectivity index (χ0) is 13.8. The van der Waals surface area contributed by atoms with E-state index in [1.165, 1.54) is 11.3 Å². The number of hydrogen-bond acceptors (Lipinski definition) is 6. The number of amides is 1. The number of carbonyl (C=O) groups is 1. The van der Waals surface area contributed by atoms with Crippen LogP contribution in [0.4, 0.5) is 0 Å². The van der Waals surface area contributed by atoms with Crippen molar-refractivity contribution >= 4 is 17.2 Å². The molecule has 3 N–H and O–H groups in total. The highest BCUT2D eigenvalue weighted by Crippen LogP contribution is 2.24. The highest BCUT2D eigenvalue weighted by atomic mass is 32.1. The van der Waals surface area contributed by atoms with Gasteiger partial charge in [0.05, 0.1) is 5.69 Å². The Kier molecular flexibility index (Phi) is 4.18. The first-order valence-electron chi connectivity index (χ1n) is 5.87. The van der Waals surface area contributed by atoms with E-state index in [0.717, 1.165) is 0 Å². The van der Waals surface area contributed by atoms with Crippen molar-refractivity contribution in [2.24, 2.45) is 5.73 Å². The smallest absolute Gasteiger partial charge is 0.263 e. The second-order valence-electron chi connectivity index (χ2n) is 4.12. The number of nitrogens with zero attached hydrogens (tertiary/aromatic N) is 3. The zero-order valence-electron chi connectivity index (χ0n) is 10.8. The summed E-state index contributed by atoms with van der Waals surface area (Å²) in [7, 11) is 0. The molecular weight excluding hydrogens is 262 g/mol. The standard InChI is InChI=1S/C12H15N5OS/c1-7(6-13)16-11(18)9-8(2)17-12(19-9)10-14-4-3-5-15-10/h3-5,7H,6,13H2,1-2H3,(H,16,18)/t7-/m0/s1. The quantitative estimate of drug-likeness (QED) is 0.869. The first-order chi connectivity index (χ1) is 9.11. The second-order valence-corrected chi connectivity index (χ2v) is 5.12. The summed E-state index contributed by atoms with van der Waals surface area (Å²) in [5.41, 5.74) is 6.16. The maximum atomic E-state index is 12.0. The van der Waals surface area contributed by atoms with Crippen LogP contribution in [0.25, 0.3) is 10.8 Å². The lowest BCUT2D eigenvalue weighted by atomic mass is 10.3. The number of aromatic nitrogens is 3. The first-order valence-corrected chi connectivity index (χ1v) is 6.69. The van der Waals surface area contributed by atoms with Crippen molar-refractivity contribution in [1.29, 1.82) is 0 Å². The summed E-state index contributed by atoms with van der Waals surface area (Å²) in [5, 5.41) is 3.46. The Labute approximate surface area is 115 Å². The van der Waals surface area contributed by atoms with E-state index in [4.69, 9.17) is 5.73 Å². The van der Waals surface area contributed by atoms with Gasteiger partial charge in [0.1, 0.15) is 4.88 Å². The highest BCUT2D eigenvalue weighted by Gasteiger charge is 2.18. The van der Waals surface area contributed by atoms with Crippen LogP contribution in [0.15, 0.2) is 18.5 Å². The fraction of sp³-hybridized carbons (Fsp3) is 0.333. The Morgan fingerprint density at radius 3 is 2.79 bits per heavy atom. The minimum Gasteiger partial charge on any atom is -0.348 e. The van der Waals surface area contributed by atoms with E-state index in [2.05, 4.69) is 20.3 Å². The molecule has 0 saturated carbocycles. The molecular formula is C12H15N5OS. The number of nitrogens with one attached hydrogen (secondary N) is 1. The molecule has 2 aromatic rings. The molecule has 7 heteroatoms. The zero-order valence-corrected chi connectivity index (χ0v) is 11.6. The van der Waals surface area contributed by atoms with Crippen LogP contribution in [0.5, 0.6) is 0 Å². The maximum absolute atomic E-state index is 12.0. The third kappa shape index (κ3) is 3.12. The van der Waals surface area contributed by atoms with Crippen molar-refractivity contribution in [2.45, 2.75) is 19.9 Å². The molecule has 0 spiro atoms. The second kappa shape index (κ2) is 5.85. The molecule has 0 aliphatic rings. The molecule has 0 aliphatic carbocycles. The monoisotopic (exact) mass is 277 g/mol. The van der Waals surface area contributed by atoms with Crippen LogP contribution in [-0.4, -0.2) is 33.4 Å². The Bertz CT molecular complexity index is 569. The molecule has 2 aromatic heterocycles. The third-order valence-corrected chi connectivity index (χ3v) is 3.64. The summed E-state index contributed by atoms with van der Waals surface area (Å²) < 4.78 is 0. The van der Waals surface area contributed by atoms with E-state index >= 15 is 0 Å². The van der Waals surface area contributed by atoms with Gasteiger partial charge in [-0.1, -0.05) is 0 Å². The van der Waals surface area contributed by atoms with Gasteiger partial charge in [0, 0.05) is 25.0 Å². The van der Waals surface area contributed by atoms with Crippen LogP contribution in [0.1, 0.15) is 22.3 Å². The van der Waals surface area contributed by atoms with Gasteiger partial charge in [-0.3, -0.25) is 4.79 Å². The number of hydrogen-bond donors (Lipinski definition) is 2. The molecule has 0 saturated heterocycles. The van der Waals surface area contributed by atoms with Gasteiger partial charge in [0.25, 0.3) is 5.91 Å². The topological polar surface area (TPSA) is 93.8 Å². The Morgan fingerprint density at radius 2 is 2.16 bits per heavy atom. The van der Waals surface area contributed by atoms with Gasteiger partial charge in [-0.15, -0.1) is 11.3 Å². The molecule has 0 fully saturated rings. The van der Waals surface area contributed by atoms with E-state index in [1.807, 2.05) is 6.92 Å². The molecule has 1 atom stereocenters. The Balaban J connectivity index is 2.24. The van der Waals surface area contributed by atoms with Gasteiger partial charge in [-0.05, 0) is 19.9 Å². The molecule has 0 bridgehead atoms. The lowest BCUT2D eigenvalue weighted by Crippen LogP contribution is -2.37. The fourth-order valence-electron chi connectivity index (χ4n) is 1.46. The van der Waals surface area contributed by atoms with Crippen LogP contribution in [0.3, 0.4) is 0 Å². The van der Waals surface area contributed by atoms with Crippen molar-refractivity contribution in [1.82, 2.24) is 20.3 Å². The van der Waals surface area contributed by atoms with E-state index in [1.54, 1.807) is 25.4 Å². The highest BCUT2D eigenvalue weighted by molar-refractivity contribution is 7.17. The van der Waals surface area contributed by atoms with Gasteiger partial charge < -0.3 is 11.1 Å². The summed E-state index contributed by atoms with van der Waals surface area (Å²) in [6.45, 7) is 4.05. The van der Waals surface area contributed by atoms with Crippen molar-refractivity contribution in [2.75, 3.05) is 6.54 Å². The average Bonchev–Trinajstić information content (AvgIpc) is 2.81. The lowest BCUT2D eigenvalue weighted by molar-refractivity contribution is 0.0944. The SMILES string of the molecule is Cc1nc(-c2ncccn2)sc1C(=O)N[C@@H](C)CN. The third-order valence-electron chi connectivity index (χ3n) is 2.49. The molecule has 0 aromatic carbocycles. The largest absolute Gasteiger partial charge is 0.348 e. The molecule has 2 rings (SSSR count). The van der Waals surface area contributed by atoms with Crippen molar-refractivity contribution in [3.05, 3.63) is 29.0 Å². The average molecular weight is 277 g/mol. The van der Waals surface area contributed by atoms with Gasteiger partial charge in [-0.2, -0.15) is 0 Å². The van der Waals surface area contributed by atoms with Crippen molar-refractivity contribution in [3.63, 3.8) is 0 Å². The number of rotatable bonds is 4. The fourth-order valence-corrected chi connectivity index (χ4v) is 2.38. The predicted octanol–water partition coefficient (Wildman–Crippen LogP) is 0.986. The molecule has 19 heavy (non-hydrogen) atoms. The number of nitrogens with two attached hydrogens (primary N) is 1. The van der Waals surface area contributed by atoms with E-state index in [0.29, 0.717) is 27.9 Å². The summed E-state index contributed by atoms with van der Waals surface area (Å²) in [5.74, 6) is 0.372. The van der Waals surface area contributed by atoms with E-state index < -0.39 is 0 Å². The van der Waals surface area contributed by atoms with Gasteiger partial charge in [-0.25, -0.2) is 15.0 Å². The summed E-state index contributed by atoms with van der Waals surface area (Å²) in [6, 6.07) is 1.67. The van der Waals surface area contributed by atoms with Gasteiger partial charge in [0.2, 0.25) is 0 Å². The van der Waals surface area contributed by atoms with Crippen LogP contribution >= 0.6 is 11.3 Å². The van der Waals surface area contributed by atoms with Crippen molar-refractivity contribution < 1.29 is 4.79 Å². The van der Waals surface area contributed by atoms with E-state index in [-0.39, 0.29) is 11.9 Å². The molecule has 0 aliphatic heterocycles. The van der Waals surface area contributed by atoms with Crippen LogP contribution < -0.4 is 11.1 Å². The molecule has 0 unspecified atom stereocenters. The van der Waals surface area contributed by atoms with Crippen molar-refractivity contribution in [3.8, 4) is 10.8 Å². The molecule has 0 radical (unpaired) electrons. The predicted molar refractivity (Wildman–Crippen MR) is 73.9 cm³/mol. The summed E-state index contributed by atoms with van der Waals surface area (Å²) in [6.07, 6.45) is 3.30. The molecule has 1 amide bonds. The van der Waals surface area contributed by atoms with E-state index in [9.17, 15) is 4.79 Å². The molecule has 2 heterocycles. The minimum atomic E-state index is -0.157. The molecule has 6 nitrogen and oxygen atoms in total. The number of aryl methyl sites for hydroxylation is 1. The normalized spacial score (nSPS) is 12.2. The maximum Gasteiger partial charge on any atom is 0.263 e. The minimum absolute atomic E-state index is 0.0644. The van der Waals surface area contributed by atoms with Crippen LogP contribution in [0, 0.1) is 6.92 Å². The number of thiazole rings is 1. The number of carbonyl (C=O) groups excluding carboxylic acids is 1. The van der Waals surface area contributed by atoms with Gasteiger partial charge in [0.15, 0.2) is 10.8 Å². The first kappa shape index (κ1) is 13.6. The summed E-state index contributed by atoms with van der Waals surface area (Å²) in [4.78, 5) is 25.2. The van der Waals surface area contributed by atoms with Gasteiger partial charge >= 0.3 is 0 Å². The Morgan fingerprint density at radius 1 is 1.47 bits per heavy atom. The van der Waals surface area contributed by atoms with Crippen LogP contribution in [-0.2, 0) is 0 Å². The summed E-state index contributed by atoms with van der Waals surface area (Å²) >= 11 is 1.28. The van der Waals surface area contributed by atoms with Crippen LogP contribution in [0.2, 0.25) is 0 Å². The Hall–Kier alpha value is -1.86.